The molecule has 8 nitrogen and oxygen atoms in total. The van der Waals surface area contributed by atoms with Gasteiger partial charge in [-0.2, -0.15) is 16.3 Å². The molecule has 9 heteroatoms. The number of para-hydroxylation sites is 2. The van der Waals surface area contributed by atoms with Crippen LogP contribution >= 0.6 is 11.3 Å². The number of thiophene rings is 1. The lowest BCUT2D eigenvalue weighted by molar-refractivity contribution is -0.153. The van der Waals surface area contributed by atoms with Crippen molar-refractivity contribution >= 4 is 28.9 Å². The molecule has 0 spiro atoms. The van der Waals surface area contributed by atoms with Crippen LogP contribution in [0.1, 0.15) is 26.2 Å². The minimum Gasteiger partial charge on any atom is -0.492 e. The fraction of sp³-hybridized carbons (Fsp3) is 0.300. The van der Waals surface area contributed by atoms with Gasteiger partial charge in [0.1, 0.15) is 5.75 Å². The summed E-state index contributed by atoms with van der Waals surface area (Å²) in [5, 5.41) is 10.4. The van der Waals surface area contributed by atoms with Crippen molar-refractivity contribution in [3.8, 4) is 17.1 Å². The Kier molecular flexibility index (Phi) is 6.96. The van der Waals surface area contributed by atoms with Crippen LogP contribution in [0, 0.1) is 0 Å². The maximum atomic E-state index is 12.3. The number of nitrogens with zero attached hydrogens (tertiary/aromatic N) is 2. The van der Waals surface area contributed by atoms with Crippen LogP contribution in [0.2, 0.25) is 0 Å². The maximum absolute atomic E-state index is 12.3. The molecule has 3 aromatic rings. The molecule has 0 fully saturated rings. The first-order valence-corrected chi connectivity index (χ1v) is 10.1. The summed E-state index contributed by atoms with van der Waals surface area (Å²) < 4.78 is 15.8. The van der Waals surface area contributed by atoms with Crippen LogP contribution in [0.25, 0.3) is 11.4 Å². The van der Waals surface area contributed by atoms with E-state index in [1.807, 2.05) is 29.8 Å². The van der Waals surface area contributed by atoms with Gasteiger partial charge in [-0.05, 0) is 37.4 Å². The van der Waals surface area contributed by atoms with E-state index in [1.54, 1.807) is 18.2 Å². The van der Waals surface area contributed by atoms with Gasteiger partial charge in [0.2, 0.25) is 11.7 Å². The zero-order chi connectivity index (χ0) is 20.6. The van der Waals surface area contributed by atoms with Crippen molar-refractivity contribution in [1.29, 1.82) is 0 Å². The number of benzene rings is 1. The minimum atomic E-state index is -0.957. The van der Waals surface area contributed by atoms with Gasteiger partial charge in [-0.1, -0.05) is 17.3 Å². The van der Waals surface area contributed by atoms with Crippen molar-refractivity contribution in [2.45, 2.75) is 32.8 Å². The van der Waals surface area contributed by atoms with Crippen LogP contribution in [-0.2, 0) is 20.7 Å². The Morgan fingerprint density at radius 2 is 2.10 bits per heavy atom. The second-order valence-corrected chi connectivity index (χ2v) is 6.85. The van der Waals surface area contributed by atoms with Gasteiger partial charge in [-0.15, -0.1) is 0 Å². The van der Waals surface area contributed by atoms with Gasteiger partial charge in [0.15, 0.2) is 6.10 Å². The lowest BCUT2D eigenvalue weighted by Crippen LogP contribution is -2.30. The number of hydrogen-bond donors (Lipinski definition) is 1. The van der Waals surface area contributed by atoms with E-state index in [-0.39, 0.29) is 12.8 Å². The Hall–Kier alpha value is -3.20. The van der Waals surface area contributed by atoms with Crippen LogP contribution < -0.4 is 10.1 Å². The second-order valence-electron chi connectivity index (χ2n) is 6.07. The van der Waals surface area contributed by atoms with Crippen LogP contribution in [0.15, 0.2) is 45.6 Å². The average Bonchev–Trinajstić information content (AvgIpc) is 3.39. The zero-order valence-corrected chi connectivity index (χ0v) is 16.9. The number of anilines is 1. The number of hydrogen-bond acceptors (Lipinski definition) is 8. The van der Waals surface area contributed by atoms with Crippen molar-refractivity contribution in [2.75, 3.05) is 11.9 Å². The quantitative estimate of drug-likeness (QED) is 0.531. The Labute approximate surface area is 171 Å². The summed E-state index contributed by atoms with van der Waals surface area (Å²) in [6.45, 7) is 3.84. The van der Waals surface area contributed by atoms with E-state index in [0.29, 0.717) is 29.8 Å². The third-order valence-electron chi connectivity index (χ3n) is 3.91. The Balaban J connectivity index is 1.48. The van der Waals surface area contributed by atoms with E-state index in [2.05, 4.69) is 15.5 Å². The smallest absolute Gasteiger partial charge is 0.307 e. The van der Waals surface area contributed by atoms with E-state index in [0.717, 1.165) is 5.56 Å². The van der Waals surface area contributed by atoms with Crippen molar-refractivity contribution in [3.63, 3.8) is 0 Å². The van der Waals surface area contributed by atoms with Crippen molar-refractivity contribution in [3.05, 3.63) is 47.0 Å². The molecule has 3 rings (SSSR count). The highest BCUT2D eigenvalue weighted by atomic mass is 32.1. The first-order valence-electron chi connectivity index (χ1n) is 9.14. The minimum absolute atomic E-state index is 0.0262. The number of aryl methyl sites for hydroxylation is 1. The van der Waals surface area contributed by atoms with Crippen LogP contribution in [-0.4, -0.2) is 34.7 Å². The Morgan fingerprint density at radius 3 is 2.86 bits per heavy atom. The molecule has 0 saturated heterocycles. The number of aromatic nitrogens is 2. The zero-order valence-electron chi connectivity index (χ0n) is 16.1. The predicted molar refractivity (Wildman–Crippen MR) is 108 cm³/mol. The van der Waals surface area contributed by atoms with Crippen molar-refractivity contribution < 1.29 is 23.6 Å². The maximum Gasteiger partial charge on any atom is 0.307 e. The molecule has 152 valence electrons. The molecule has 1 N–H and O–H groups in total. The normalized spacial score (nSPS) is 11.7. The van der Waals surface area contributed by atoms with Gasteiger partial charge in [0, 0.05) is 17.4 Å². The summed E-state index contributed by atoms with van der Waals surface area (Å²) in [6.07, 6.45) is -0.697. The third-order valence-corrected chi connectivity index (χ3v) is 4.60. The first-order chi connectivity index (χ1) is 14.1. The largest absolute Gasteiger partial charge is 0.492 e. The molecule has 2 aromatic heterocycles. The highest BCUT2D eigenvalue weighted by Gasteiger charge is 2.20. The Morgan fingerprint density at radius 1 is 1.28 bits per heavy atom. The summed E-state index contributed by atoms with van der Waals surface area (Å²) in [4.78, 5) is 28.7. The fourth-order valence-corrected chi connectivity index (χ4v) is 3.10. The number of rotatable bonds is 9. The molecule has 2 heterocycles. The summed E-state index contributed by atoms with van der Waals surface area (Å²) in [6, 6.07) is 8.95. The van der Waals surface area contributed by atoms with Crippen molar-refractivity contribution in [2.24, 2.45) is 0 Å². The lowest BCUT2D eigenvalue weighted by atomic mass is 10.2. The highest BCUT2D eigenvalue weighted by molar-refractivity contribution is 7.08. The van der Waals surface area contributed by atoms with Crippen LogP contribution in [0.5, 0.6) is 5.75 Å². The van der Waals surface area contributed by atoms with E-state index in [1.165, 1.54) is 18.3 Å². The van der Waals surface area contributed by atoms with E-state index in [9.17, 15) is 9.59 Å². The molecule has 0 saturated carbocycles. The van der Waals surface area contributed by atoms with Crippen LogP contribution in [0.3, 0.4) is 0 Å². The first kappa shape index (κ1) is 20.5. The molecule has 0 aliphatic rings. The fourth-order valence-electron chi connectivity index (χ4n) is 2.47. The standard InChI is InChI=1S/C20H21N3O5S/c1-3-26-16-7-5-4-6-15(16)21-20(25)13(2)27-18(24)9-8-17-22-19(23-28-17)14-10-11-29-12-14/h4-7,10-13H,3,8-9H2,1-2H3,(H,21,25). The number of amides is 1. The summed E-state index contributed by atoms with van der Waals surface area (Å²) >= 11 is 1.53. The number of esters is 1. The highest BCUT2D eigenvalue weighted by Crippen LogP contribution is 2.24. The number of ether oxygens (including phenoxy) is 2. The topological polar surface area (TPSA) is 104 Å². The summed E-state index contributed by atoms with van der Waals surface area (Å²) in [5.74, 6) is 0.407. The molecule has 29 heavy (non-hydrogen) atoms. The number of carbonyl (C=O) groups excluding carboxylic acids is 2. The Bertz CT molecular complexity index is 955. The van der Waals surface area contributed by atoms with Gasteiger partial charge in [-0.25, -0.2) is 0 Å². The van der Waals surface area contributed by atoms with Gasteiger partial charge in [0.05, 0.1) is 18.7 Å². The monoisotopic (exact) mass is 415 g/mol. The molecule has 0 aliphatic carbocycles. The molecule has 1 aromatic carbocycles. The predicted octanol–water partition coefficient (Wildman–Crippen LogP) is 3.70. The van der Waals surface area contributed by atoms with E-state index < -0.39 is 18.0 Å². The molecule has 0 radical (unpaired) electrons. The molecule has 0 bridgehead atoms. The lowest BCUT2D eigenvalue weighted by Gasteiger charge is -2.15. The molecule has 1 unspecified atom stereocenters. The summed E-state index contributed by atoms with van der Waals surface area (Å²) in [5.41, 5.74) is 1.39. The third kappa shape index (κ3) is 5.64. The molecular weight excluding hydrogens is 394 g/mol. The average molecular weight is 415 g/mol. The molecule has 1 atom stereocenters. The van der Waals surface area contributed by atoms with Gasteiger partial charge < -0.3 is 19.3 Å². The molecule has 1 amide bonds. The number of carbonyl (C=O) groups is 2. The van der Waals surface area contributed by atoms with E-state index >= 15 is 0 Å². The van der Waals surface area contributed by atoms with Gasteiger partial charge in [0.25, 0.3) is 5.91 Å². The van der Waals surface area contributed by atoms with Crippen LogP contribution in [0.4, 0.5) is 5.69 Å². The molecular formula is C20H21N3O5S. The second kappa shape index (κ2) is 9.83. The van der Waals surface area contributed by atoms with Gasteiger partial charge >= 0.3 is 5.97 Å². The molecule has 0 aliphatic heterocycles. The van der Waals surface area contributed by atoms with E-state index in [4.69, 9.17) is 14.0 Å². The SMILES string of the molecule is CCOc1ccccc1NC(=O)C(C)OC(=O)CCc1nc(-c2ccsc2)no1. The number of nitrogens with one attached hydrogen (secondary N) is 1. The summed E-state index contributed by atoms with van der Waals surface area (Å²) in [7, 11) is 0. The van der Waals surface area contributed by atoms with Gasteiger partial charge in [-0.3, -0.25) is 9.59 Å². The van der Waals surface area contributed by atoms with Crippen molar-refractivity contribution in [1.82, 2.24) is 10.1 Å².